The van der Waals surface area contributed by atoms with E-state index in [1.807, 2.05) is 12.3 Å². The van der Waals surface area contributed by atoms with E-state index < -0.39 is 0 Å². The van der Waals surface area contributed by atoms with Crippen LogP contribution in [0.15, 0.2) is 12.3 Å². The molecule has 5 nitrogen and oxygen atoms in total. The van der Waals surface area contributed by atoms with Gasteiger partial charge in [-0.25, -0.2) is 4.98 Å². The van der Waals surface area contributed by atoms with Gasteiger partial charge < -0.3 is 15.0 Å². The van der Waals surface area contributed by atoms with Gasteiger partial charge in [-0.15, -0.1) is 0 Å². The Labute approximate surface area is 120 Å². The molecule has 0 spiro atoms. The van der Waals surface area contributed by atoms with Crippen LogP contribution in [0.4, 0.5) is 5.95 Å². The monoisotopic (exact) mass is 276 g/mol. The molecule has 2 fully saturated rings. The molecule has 1 saturated heterocycles. The highest BCUT2D eigenvalue weighted by Crippen LogP contribution is 2.31. The first-order chi connectivity index (χ1) is 9.86. The van der Waals surface area contributed by atoms with Crippen molar-refractivity contribution >= 4 is 5.95 Å². The van der Waals surface area contributed by atoms with Crippen LogP contribution in [0.3, 0.4) is 0 Å². The van der Waals surface area contributed by atoms with Crippen molar-refractivity contribution in [2.75, 3.05) is 24.6 Å². The van der Waals surface area contributed by atoms with Crippen LogP contribution in [0.25, 0.3) is 0 Å². The second-order valence-corrected chi connectivity index (χ2v) is 5.72. The molecule has 1 aliphatic carbocycles. The first-order valence-electron chi connectivity index (χ1n) is 7.82. The molecule has 1 N–H and O–H groups in total. The standard InChI is InChI=1S/C15H24N4O/c1-2-10-20-14-7-9-17-15(18-14)19(13-5-6-13)11-12-4-3-8-16-12/h7,9,12-13,16H,2-6,8,10-11H2,1H3. The van der Waals surface area contributed by atoms with Gasteiger partial charge in [-0.1, -0.05) is 6.92 Å². The zero-order chi connectivity index (χ0) is 13.8. The second kappa shape index (κ2) is 6.39. The van der Waals surface area contributed by atoms with Gasteiger partial charge in [0.05, 0.1) is 6.61 Å². The summed E-state index contributed by atoms with van der Waals surface area (Å²) in [5.74, 6) is 1.52. The molecule has 0 radical (unpaired) electrons. The summed E-state index contributed by atoms with van der Waals surface area (Å²) >= 11 is 0. The van der Waals surface area contributed by atoms with Gasteiger partial charge in [0.1, 0.15) is 0 Å². The van der Waals surface area contributed by atoms with E-state index in [1.165, 1.54) is 25.7 Å². The third-order valence-corrected chi connectivity index (χ3v) is 3.90. The molecule has 1 atom stereocenters. The highest BCUT2D eigenvalue weighted by Gasteiger charge is 2.33. The van der Waals surface area contributed by atoms with Crippen molar-refractivity contribution < 1.29 is 4.74 Å². The van der Waals surface area contributed by atoms with Gasteiger partial charge in [0.25, 0.3) is 0 Å². The minimum Gasteiger partial charge on any atom is -0.478 e. The Bertz CT molecular complexity index is 430. The molecule has 0 bridgehead atoms. The molecule has 1 saturated carbocycles. The molecule has 1 unspecified atom stereocenters. The molecule has 20 heavy (non-hydrogen) atoms. The minimum atomic E-state index is 0.583. The Hall–Kier alpha value is -1.36. The van der Waals surface area contributed by atoms with Crippen molar-refractivity contribution in [3.8, 4) is 5.88 Å². The highest BCUT2D eigenvalue weighted by atomic mass is 16.5. The van der Waals surface area contributed by atoms with Crippen molar-refractivity contribution in [1.82, 2.24) is 15.3 Å². The van der Waals surface area contributed by atoms with Crippen LogP contribution >= 0.6 is 0 Å². The minimum absolute atomic E-state index is 0.583. The summed E-state index contributed by atoms with van der Waals surface area (Å²) < 4.78 is 5.62. The average molecular weight is 276 g/mol. The average Bonchev–Trinajstić information content (AvgIpc) is 3.19. The Balaban J connectivity index is 1.69. The van der Waals surface area contributed by atoms with Crippen LogP contribution in [-0.4, -0.2) is 41.7 Å². The lowest BCUT2D eigenvalue weighted by atomic mass is 10.2. The van der Waals surface area contributed by atoms with E-state index in [2.05, 4.69) is 27.1 Å². The smallest absolute Gasteiger partial charge is 0.228 e. The quantitative estimate of drug-likeness (QED) is 0.825. The zero-order valence-electron chi connectivity index (χ0n) is 12.2. The maximum Gasteiger partial charge on any atom is 0.228 e. The molecule has 1 aliphatic heterocycles. The summed E-state index contributed by atoms with van der Waals surface area (Å²) in [6.45, 7) is 4.97. The Morgan fingerprint density at radius 3 is 3.00 bits per heavy atom. The molecule has 0 aromatic carbocycles. The van der Waals surface area contributed by atoms with Crippen LogP contribution in [0, 0.1) is 0 Å². The van der Waals surface area contributed by atoms with Gasteiger partial charge in [0.15, 0.2) is 0 Å². The topological polar surface area (TPSA) is 50.3 Å². The summed E-state index contributed by atoms with van der Waals surface area (Å²) in [5, 5.41) is 3.56. The van der Waals surface area contributed by atoms with Crippen LogP contribution in [0.5, 0.6) is 5.88 Å². The number of hydrogen-bond donors (Lipinski definition) is 1. The van der Waals surface area contributed by atoms with Gasteiger partial charge in [0, 0.05) is 30.9 Å². The van der Waals surface area contributed by atoms with Gasteiger partial charge >= 0.3 is 0 Å². The maximum absolute atomic E-state index is 5.62. The number of ether oxygens (including phenoxy) is 1. The number of anilines is 1. The predicted molar refractivity (Wildman–Crippen MR) is 79.2 cm³/mol. The van der Waals surface area contributed by atoms with E-state index in [1.54, 1.807) is 0 Å². The molecular weight excluding hydrogens is 252 g/mol. The number of rotatable bonds is 7. The SMILES string of the molecule is CCCOc1ccnc(N(CC2CCCN2)C2CC2)n1. The van der Waals surface area contributed by atoms with Crippen molar-refractivity contribution in [3.63, 3.8) is 0 Å². The van der Waals surface area contributed by atoms with Gasteiger partial charge in [0.2, 0.25) is 11.8 Å². The van der Waals surface area contributed by atoms with E-state index in [0.717, 1.165) is 25.5 Å². The van der Waals surface area contributed by atoms with Gasteiger partial charge in [-0.2, -0.15) is 4.98 Å². The van der Waals surface area contributed by atoms with Gasteiger partial charge in [-0.3, -0.25) is 0 Å². The van der Waals surface area contributed by atoms with Crippen LogP contribution in [0.2, 0.25) is 0 Å². The lowest BCUT2D eigenvalue weighted by Gasteiger charge is -2.25. The lowest BCUT2D eigenvalue weighted by molar-refractivity contribution is 0.304. The third kappa shape index (κ3) is 3.39. The van der Waals surface area contributed by atoms with Crippen molar-refractivity contribution in [2.45, 2.75) is 51.1 Å². The van der Waals surface area contributed by atoms with E-state index in [0.29, 0.717) is 24.6 Å². The van der Waals surface area contributed by atoms with E-state index in [-0.39, 0.29) is 0 Å². The number of nitrogens with zero attached hydrogens (tertiary/aromatic N) is 3. The third-order valence-electron chi connectivity index (χ3n) is 3.90. The fraction of sp³-hybridized carbons (Fsp3) is 0.733. The summed E-state index contributed by atoms with van der Waals surface area (Å²) in [6, 6.07) is 3.05. The fourth-order valence-corrected chi connectivity index (χ4v) is 2.69. The van der Waals surface area contributed by atoms with Crippen molar-refractivity contribution in [2.24, 2.45) is 0 Å². The molecule has 1 aromatic heterocycles. The molecule has 110 valence electrons. The first kappa shape index (κ1) is 13.6. The number of hydrogen-bond acceptors (Lipinski definition) is 5. The van der Waals surface area contributed by atoms with Crippen LogP contribution < -0.4 is 15.0 Å². The highest BCUT2D eigenvalue weighted by molar-refractivity contribution is 5.36. The van der Waals surface area contributed by atoms with Crippen molar-refractivity contribution in [1.29, 1.82) is 0 Å². The normalized spacial score (nSPS) is 21.9. The maximum atomic E-state index is 5.62. The Morgan fingerprint density at radius 2 is 2.30 bits per heavy atom. The van der Waals surface area contributed by atoms with E-state index in [9.17, 15) is 0 Å². The number of aromatic nitrogens is 2. The van der Waals surface area contributed by atoms with Crippen LogP contribution in [-0.2, 0) is 0 Å². The molecular formula is C15H24N4O. The second-order valence-electron chi connectivity index (χ2n) is 5.72. The van der Waals surface area contributed by atoms with Crippen molar-refractivity contribution in [3.05, 3.63) is 12.3 Å². The molecule has 3 rings (SSSR count). The molecule has 0 amide bonds. The summed E-state index contributed by atoms with van der Waals surface area (Å²) in [5.41, 5.74) is 0. The first-order valence-corrected chi connectivity index (χ1v) is 7.82. The molecule has 5 heteroatoms. The van der Waals surface area contributed by atoms with E-state index >= 15 is 0 Å². The summed E-state index contributed by atoms with van der Waals surface area (Å²) in [4.78, 5) is 11.4. The summed E-state index contributed by atoms with van der Waals surface area (Å²) in [6.07, 6.45) is 7.87. The summed E-state index contributed by atoms with van der Waals surface area (Å²) in [7, 11) is 0. The largest absolute Gasteiger partial charge is 0.478 e. The zero-order valence-corrected chi connectivity index (χ0v) is 12.2. The van der Waals surface area contributed by atoms with Crippen LogP contribution in [0.1, 0.15) is 39.0 Å². The molecule has 2 aliphatic rings. The van der Waals surface area contributed by atoms with Gasteiger partial charge in [-0.05, 0) is 38.6 Å². The molecule has 1 aromatic rings. The number of nitrogens with one attached hydrogen (secondary N) is 1. The lowest BCUT2D eigenvalue weighted by Crippen LogP contribution is -2.39. The molecule has 2 heterocycles. The Kier molecular flexibility index (Phi) is 4.35. The Morgan fingerprint density at radius 1 is 1.40 bits per heavy atom. The van der Waals surface area contributed by atoms with E-state index in [4.69, 9.17) is 4.74 Å². The predicted octanol–water partition coefficient (Wildman–Crippen LogP) is 1.99. The fourth-order valence-electron chi connectivity index (χ4n) is 2.69.